The molecule has 0 aromatic heterocycles. The summed E-state index contributed by atoms with van der Waals surface area (Å²) in [5.74, 6) is 1.31. The standard InChI is InChI=1S/C36H35FN2O6/c1-23-15-29(20-39-12-4-7-36(40)41)34(44-21-25-8-10-31(37)28(16-25)19-38)18-33(23)45-22-27-5-3-6-30(24(27)2)26-9-11-32-35(17-26)43-14-13-42-32/h3,5-6,8-11,15-18,39H,4,7,12-14,20-22H2,1-2H3,(H,40,41). The van der Waals surface area contributed by atoms with Crippen molar-refractivity contribution in [1.29, 1.82) is 5.26 Å². The van der Waals surface area contributed by atoms with Gasteiger partial charge in [0.2, 0.25) is 0 Å². The second kappa shape index (κ2) is 14.6. The van der Waals surface area contributed by atoms with E-state index in [-0.39, 0.29) is 18.6 Å². The second-order valence-electron chi connectivity index (χ2n) is 10.9. The van der Waals surface area contributed by atoms with E-state index < -0.39 is 11.8 Å². The Bertz CT molecular complexity index is 1730. The molecule has 232 valence electrons. The van der Waals surface area contributed by atoms with Gasteiger partial charge in [0.25, 0.3) is 0 Å². The van der Waals surface area contributed by atoms with Crippen molar-refractivity contribution < 1.29 is 33.2 Å². The fourth-order valence-corrected chi connectivity index (χ4v) is 5.17. The maximum atomic E-state index is 13.9. The lowest BCUT2D eigenvalue weighted by Gasteiger charge is -2.20. The predicted molar refractivity (Wildman–Crippen MR) is 167 cm³/mol. The Morgan fingerprint density at radius 1 is 0.956 bits per heavy atom. The third-order valence-corrected chi connectivity index (χ3v) is 7.65. The minimum atomic E-state index is -0.832. The van der Waals surface area contributed by atoms with Crippen LogP contribution in [0.5, 0.6) is 23.0 Å². The highest BCUT2D eigenvalue weighted by Gasteiger charge is 2.16. The van der Waals surface area contributed by atoms with E-state index >= 15 is 0 Å². The molecule has 0 saturated carbocycles. The lowest BCUT2D eigenvalue weighted by molar-refractivity contribution is -0.137. The van der Waals surface area contributed by atoms with E-state index in [9.17, 15) is 14.4 Å². The van der Waals surface area contributed by atoms with Crippen molar-refractivity contribution in [2.45, 2.75) is 46.4 Å². The molecule has 45 heavy (non-hydrogen) atoms. The zero-order valence-corrected chi connectivity index (χ0v) is 25.3. The number of nitrogens with zero attached hydrogens (tertiary/aromatic N) is 1. The van der Waals surface area contributed by atoms with E-state index in [2.05, 4.69) is 18.3 Å². The first kappa shape index (κ1) is 31.4. The number of aliphatic carboxylic acids is 1. The summed E-state index contributed by atoms with van der Waals surface area (Å²) in [5, 5.41) is 21.4. The van der Waals surface area contributed by atoms with E-state index in [0.29, 0.717) is 56.4 Å². The van der Waals surface area contributed by atoms with Crippen molar-refractivity contribution in [2.75, 3.05) is 19.8 Å². The molecule has 0 radical (unpaired) electrons. The molecule has 1 aliphatic heterocycles. The normalized spacial score (nSPS) is 12.0. The molecule has 5 rings (SSSR count). The van der Waals surface area contributed by atoms with Gasteiger partial charge in [0.1, 0.15) is 49.8 Å². The van der Waals surface area contributed by atoms with Gasteiger partial charge in [0.15, 0.2) is 11.5 Å². The number of carbonyl (C=O) groups is 1. The van der Waals surface area contributed by atoms with Crippen molar-refractivity contribution in [2.24, 2.45) is 0 Å². The molecule has 8 nitrogen and oxygen atoms in total. The van der Waals surface area contributed by atoms with Gasteiger partial charge in [-0.05, 0) is 90.5 Å². The summed E-state index contributed by atoms with van der Waals surface area (Å²) in [6, 6.07) is 22.1. The summed E-state index contributed by atoms with van der Waals surface area (Å²) < 4.78 is 37.8. The number of hydrogen-bond acceptors (Lipinski definition) is 7. The number of ether oxygens (including phenoxy) is 4. The van der Waals surface area contributed by atoms with Gasteiger partial charge in [-0.15, -0.1) is 0 Å². The van der Waals surface area contributed by atoms with E-state index in [1.54, 1.807) is 6.07 Å². The SMILES string of the molecule is Cc1cc(CNCCCC(=O)O)c(OCc2ccc(F)c(C#N)c2)cc1OCc1cccc(-c2ccc3c(c2)OCCO3)c1C. The fraction of sp³-hybridized carbons (Fsp3) is 0.278. The summed E-state index contributed by atoms with van der Waals surface area (Å²) in [6.07, 6.45) is 0.589. The van der Waals surface area contributed by atoms with Crippen LogP contribution in [0.3, 0.4) is 0 Å². The van der Waals surface area contributed by atoms with Crippen molar-refractivity contribution in [1.82, 2.24) is 5.32 Å². The number of hydrogen-bond donors (Lipinski definition) is 2. The Morgan fingerprint density at radius 3 is 2.56 bits per heavy atom. The first-order chi connectivity index (χ1) is 21.8. The molecule has 2 N–H and O–H groups in total. The van der Waals surface area contributed by atoms with Crippen LogP contribution in [0.25, 0.3) is 11.1 Å². The molecular formula is C36H35FN2O6. The van der Waals surface area contributed by atoms with Crippen molar-refractivity contribution in [3.8, 4) is 40.2 Å². The summed E-state index contributed by atoms with van der Waals surface area (Å²) in [7, 11) is 0. The largest absolute Gasteiger partial charge is 0.488 e. The van der Waals surface area contributed by atoms with Gasteiger partial charge in [-0.1, -0.05) is 30.3 Å². The molecule has 0 fully saturated rings. The van der Waals surface area contributed by atoms with Crippen LogP contribution in [-0.2, 0) is 24.6 Å². The average Bonchev–Trinajstić information content (AvgIpc) is 3.04. The van der Waals surface area contributed by atoms with E-state index in [1.807, 2.05) is 55.5 Å². The summed E-state index contributed by atoms with van der Waals surface area (Å²) in [4.78, 5) is 10.9. The number of carboxylic acid groups (broad SMARTS) is 1. The molecule has 4 aromatic rings. The van der Waals surface area contributed by atoms with Crippen LogP contribution < -0.4 is 24.3 Å². The van der Waals surface area contributed by atoms with Crippen LogP contribution in [0.4, 0.5) is 4.39 Å². The van der Waals surface area contributed by atoms with Crippen LogP contribution in [-0.4, -0.2) is 30.8 Å². The number of benzene rings is 4. The van der Waals surface area contributed by atoms with E-state index in [0.717, 1.165) is 44.9 Å². The maximum Gasteiger partial charge on any atom is 0.303 e. The Kier molecular flexibility index (Phi) is 10.2. The average molecular weight is 611 g/mol. The zero-order chi connectivity index (χ0) is 31.8. The minimum absolute atomic E-state index is 0.0433. The van der Waals surface area contributed by atoms with Gasteiger partial charge in [-0.25, -0.2) is 4.39 Å². The third-order valence-electron chi connectivity index (χ3n) is 7.65. The van der Waals surface area contributed by atoms with Crippen molar-refractivity contribution in [3.63, 3.8) is 0 Å². The number of nitriles is 1. The second-order valence-corrected chi connectivity index (χ2v) is 10.9. The minimum Gasteiger partial charge on any atom is -0.488 e. The highest BCUT2D eigenvalue weighted by atomic mass is 19.1. The monoisotopic (exact) mass is 610 g/mol. The van der Waals surface area contributed by atoms with Crippen LogP contribution in [0.2, 0.25) is 0 Å². The van der Waals surface area contributed by atoms with Crippen molar-refractivity contribution >= 4 is 5.97 Å². The molecule has 4 aromatic carbocycles. The quantitative estimate of drug-likeness (QED) is 0.158. The van der Waals surface area contributed by atoms with E-state index in [1.165, 1.54) is 12.1 Å². The molecule has 0 saturated heterocycles. The molecule has 9 heteroatoms. The van der Waals surface area contributed by atoms with Crippen molar-refractivity contribution in [3.05, 3.63) is 106 Å². The van der Waals surface area contributed by atoms with Gasteiger partial charge in [-0.2, -0.15) is 5.26 Å². The lowest BCUT2D eigenvalue weighted by atomic mass is 9.96. The first-order valence-electron chi connectivity index (χ1n) is 14.8. The van der Waals surface area contributed by atoms with Crippen LogP contribution in [0.15, 0.2) is 66.7 Å². The Hall–Kier alpha value is -5.07. The molecule has 1 aliphatic rings. The fourth-order valence-electron chi connectivity index (χ4n) is 5.17. The molecule has 0 amide bonds. The smallest absolute Gasteiger partial charge is 0.303 e. The van der Waals surface area contributed by atoms with Gasteiger partial charge >= 0.3 is 5.97 Å². The molecule has 0 spiro atoms. The highest BCUT2D eigenvalue weighted by molar-refractivity contribution is 5.71. The molecular weight excluding hydrogens is 575 g/mol. The Morgan fingerprint density at radius 2 is 1.76 bits per heavy atom. The zero-order valence-electron chi connectivity index (χ0n) is 25.3. The number of nitrogens with one attached hydrogen (secondary N) is 1. The number of carboxylic acids is 1. The summed E-state index contributed by atoms with van der Waals surface area (Å²) >= 11 is 0. The third kappa shape index (κ3) is 7.91. The van der Waals surface area contributed by atoms with Crippen LogP contribution in [0, 0.1) is 31.0 Å². The lowest BCUT2D eigenvalue weighted by Crippen LogP contribution is -2.17. The summed E-state index contributed by atoms with van der Waals surface area (Å²) in [6.45, 7) is 6.56. The molecule has 0 aliphatic carbocycles. The van der Waals surface area contributed by atoms with Crippen LogP contribution >= 0.6 is 0 Å². The summed E-state index contributed by atoms with van der Waals surface area (Å²) in [5.41, 5.74) is 6.63. The number of halogens is 1. The van der Waals surface area contributed by atoms with Gasteiger partial charge in [0.05, 0.1) is 5.56 Å². The topological polar surface area (TPSA) is 110 Å². The van der Waals surface area contributed by atoms with Gasteiger partial charge < -0.3 is 29.4 Å². The first-order valence-corrected chi connectivity index (χ1v) is 14.8. The van der Waals surface area contributed by atoms with Gasteiger partial charge in [-0.3, -0.25) is 4.79 Å². The molecule has 1 heterocycles. The van der Waals surface area contributed by atoms with Gasteiger partial charge in [0, 0.05) is 24.6 Å². The van der Waals surface area contributed by atoms with E-state index in [4.69, 9.17) is 24.1 Å². The highest BCUT2D eigenvalue weighted by Crippen LogP contribution is 2.37. The number of fused-ring (bicyclic) bond motifs is 1. The molecule has 0 atom stereocenters. The Labute approximate surface area is 261 Å². The molecule has 0 unspecified atom stereocenters. The molecule has 0 bridgehead atoms. The Balaban J connectivity index is 1.34. The number of aryl methyl sites for hydroxylation is 1. The predicted octanol–water partition coefficient (Wildman–Crippen LogP) is 6.86. The maximum absolute atomic E-state index is 13.9. The number of rotatable bonds is 13. The van der Waals surface area contributed by atoms with Crippen LogP contribution in [0.1, 0.15) is 46.2 Å².